The second-order valence-electron chi connectivity index (χ2n) is 4.77. The lowest BCUT2D eigenvalue weighted by Gasteiger charge is -2.05. The highest BCUT2D eigenvalue weighted by Crippen LogP contribution is 2.18. The highest BCUT2D eigenvalue weighted by Gasteiger charge is 2.07. The van der Waals surface area contributed by atoms with Gasteiger partial charge in [0.1, 0.15) is 5.75 Å². The van der Waals surface area contributed by atoms with Gasteiger partial charge in [-0.3, -0.25) is 0 Å². The molecule has 5 nitrogen and oxygen atoms in total. The average molecular weight is 295 g/mol. The predicted octanol–water partition coefficient (Wildman–Crippen LogP) is 3.40. The van der Waals surface area contributed by atoms with E-state index in [0.29, 0.717) is 18.2 Å². The number of rotatable bonds is 6. The monoisotopic (exact) mass is 295 g/mol. The Labute approximate surface area is 129 Å². The Bertz CT molecular complexity index is 708. The molecule has 3 rings (SSSR count). The van der Waals surface area contributed by atoms with Crippen LogP contribution in [0, 0.1) is 0 Å². The summed E-state index contributed by atoms with van der Waals surface area (Å²) in [7, 11) is 1.66. The van der Waals surface area contributed by atoms with Crippen LogP contribution in [0.15, 0.2) is 59.0 Å². The van der Waals surface area contributed by atoms with Crippen molar-refractivity contribution in [3.05, 3.63) is 60.5 Å². The molecule has 0 spiro atoms. The van der Waals surface area contributed by atoms with Gasteiger partial charge in [-0.2, -0.15) is 0 Å². The number of aromatic nitrogens is 2. The quantitative estimate of drug-likeness (QED) is 0.755. The van der Waals surface area contributed by atoms with E-state index in [0.717, 1.165) is 23.5 Å². The number of nitrogens with zero attached hydrogens (tertiary/aromatic N) is 2. The molecule has 22 heavy (non-hydrogen) atoms. The molecule has 1 heterocycles. The van der Waals surface area contributed by atoms with Crippen LogP contribution in [0.3, 0.4) is 0 Å². The van der Waals surface area contributed by atoms with E-state index in [4.69, 9.17) is 9.15 Å². The Morgan fingerprint density at radius 2 is 1.77 bits per heavy atom. The zero-order chi connectivity index (χ0) is 15.2. The van der Waals surface area contributed by atoms with Crippen LogP contribution in [0.5, 0.6) is 5.75 Å². The second kappa shape index (κ2) is 6.76. The molecule has 0 saturated carbocycles. The van der Waals surface area contributed by atoms with Crippen LogP contribution in [0.4, 0.5) is 5.69 Å². The van der Waals surface area contributed by atoms with Crippen molar-refractivity contribution >= 4 is 5.69 Å². The Kier molecular flexibility index (Phi) is 4.34. The van der Waals surface area contributed by atoms with Gasteiger partial charge in [-0.25, -0.2) is 0 Å². The fraction of sp³-hybridized carbons (Fsp3) is 0.176. The van der Waals surface area contributed by atoms with Gasteiger partial charge in [0.15, 0.2) is 0 Å². The van der Waals surface area contributed by atoms with Crippen molar-refractivity contribution in [2.45, 2.75) is 6.42 Å². The van der Waals surface area contributed by atoms with Crippen molar-refractivity contribution in [3.8, 4) is 17.2 Å². The van der Waals surface area contributed by atoms with Gasteiger partial charge in [-0.15, -0.1) is 10.2 Å². The van der Waals surface area contributed by atoms with Gasteiger partial charge in [0.05, 0.1) is 7.11 Å². The first-order chi connectivity index (χ1) is 10.8. The standard InChI is InChI=1S/C17H17N3O2/c1-21-15-9-7-14(8-10-15)18-12-11-16-19-20-17(22-16)13-5-3-2-4-6-13/h2-10,18H,11-12H2,1H3. The minimum atomic E-state index is 0.556. The van der Waals surface area contributed by atoms with Gasteiger partial charge in [-0.1, -0.05) is 18.2 Å². The van der Waals surface area contributed by atoms with Crippen LogP contribution in [-0.2, 0) is 6.42 Å². The molecule has 0 aliphatic rings. The number of ether oxygens (including phenoxy) is 1. The molecule has 0 unspecified atom stereocenters. The number of methoxy groups -OCH3 is 1. The highest BCUT2D eigenvalue weighted by molar-refractivity contribution is 5.51. The molecule has 1 aromatic heterocycles. The fourth-order valence-electron chi connectivity index (χ4n) is 2.07. The van der Waals surface area contributed by atoms with Crippen LogP contribution in [0.1, 0.15) is 5.89 Å². The molecule has 5 heteroatoms. The third-order valence-corrected chi connectivity index (χ3v) is 3.25. The van der Waals surface area contributed by atoms with Crippen LogP contribution < -0.4 is 10.1 Å². The van der Waals surface area contributed by atoms with E-state index >= 15 is 0 Å². The van der Waals surface area contributed by atoms with Crippen molar-refractivity contribution in [1.29, 1.82) is 0 Å². The first kappa shape index (κ1) is 14.1. The summed E-state index contributed by atoms with van der Waals surface area (Å²) in [5.41, 5.74) is 1.97. The minimum Gasteiger partial charge on any atom is -0.497 e. The van der Waals surface area contributed by atoms with Crippen molar-refractivity contribution in [2.24, 2.45) is 0 Å². The smallest absolute Gasteiger partial charge is 0.247 e. The third kappa shape index (κ3) is 3.44. The molecule has 0 atom stereocenters. The molecular weight excluding hydrogens is 278 g/mol. The topological polar surface area (TPSA) is 60.2 Å². The first-order valence-corrected chi connectivity index (χ1v) is 7.11. The van der Waals surface area contributed by atoms with Gasteiger partial charge in [0, 0.05) is 24.2 Å². The predicted molar refractivity (Wildman–Crippen MR) is 84.9 cm³/mol. The Balaban J connectivity index is 1.54. The molecule has 3 aromatic rings. The van der Waals surface area contributed by atoms with E-state index in [-0.39, 0.29) is 0 Å². The average Bonchev–Trinajstić information content (AvgIpc) is 3.05. The summed E-state index contributed by atoms with van der Waals surface area (Å²) >= 11 is 0. The molecule has 0 bridgehead atoms. The number of anilines is 1. The number of hydrogen-bond donors (Lipinski definition) is 1. The number of hydrogen-bond acceptors (Lipinski definition) is 5. The van der Waals surface area contributed by atoms with E-state index < -0.39 is 0 Å². The molecule has 0 amide bonds. The summed E-state index contributed by atoms with van der Waals surface area (Å²) < 4.78 is 10.8. The van der Waals surface area contributed by atoms with E-state index in [1.165, 1.54) is 0 Å². The van der Waals surface area contributed by atoms with Crippen LogP contribution >= 0.6 is 0 Å². The van der Waals surface area contributed by atoms with E-state index in [1.807, 2.05) is 54.6 Å². The molecule has 0 fully saturated rings. The minimum absolute atomic E-state index is 0.556. The van der Waals surface area contributed by atoms with Gasteiger partial charge < -0.3 is 14.5 Å². The number of nitrogens with one attached hydrogen (secondary N) is 1. The van der Waals surface area contributed by atoms with Crippen LogP contribution in [0.2, 0.25) is 0 Å². The molecular formula is C17H17N3O2. The van der Waals surface area contributed by atoms with Crippen LogP contribution in [0.25, 0.3) is 11.5 Å². The van der Waals surface area contributed by atoms with E-state index in [1.54, 1.807) is 7.11 Å². The maximum Gasteiger partial charge on any atom is 0.247 e. The van der Waals surface area contributed by atoms with Gasteiger partial charge in [-0.05, 0) is 36.4 Å². The van der Waals surface area contributed by atoms with E-state index in [9.17, 15) is 0 Å². The fourth-order valence-corrected chi connectivity index (χ4v) is 2.07. The molecule has 0 aliphatic heterocycles. The zero-order valence-corrected chi connectivity index (χ0v) is 12.3. The van der Waals surface area contributed by atoms with Gasteiger partial charge in [0.25, 0.3) is 0 Å². The Hall–Kier alpha value is -2.82. The molecule has 112 valence electrons. The summed E-state index contributed by atoms with van der Waals surface area (Å²) in [6.45, 7) is 0.725. The molecule has 0 saturated heterocycles. The lowest BCUT2D eigenvalue weighted by atomic mass is 10.2. The van der Waals surface area contributed by atoms with Gasteiger partial charge in [0.2, 0.25) is 11.8 Å². The van der Waals surface area contributed by atoms with E-state index in [2.05, 4.69) is 15.5 Å². The third-order valence-electron chi connectivity index (χ3n) is 3.25. The normalized spacial score (nSPS) is 10.4. The summed E-state index contributed by atoms with van der Waals surface area (Å²) in [5.74, 6) is 2.02. The van der Waals surface area contributed by atoms with Crippen molar-refractivity contribution < 1.29 is 9.15 Å². The molecule has 0 radical (unpaired) electrons. The largest absolute Gasteiger partial charge is 0.497 e. The lowest BCUT2D eigenvalue weighted by Crippen LogP contribution is -2.04. The first-order valence-electron chi connectivity index (χ1n) is 7.11. The summed E-state index contributed by atoms with van der Waals surface area (Å²) in [4.78, 5) is 0. The number of benzene rings is 2. The SMILES string of the molecule is COc1ccc(NCCc2nnc(-c3ccccc3)o2)cc1. The van der Waals surface area contributed by atoms with Crippen molar-refractivity contribution in [2.75, 3.05) is 19.0 Å². The Morgan fingerprint density at radius 1 is 1.00 bits per heavy atom. The second-order valence-corrected chi connectivity index (χ2v) is 4.77. The lowest BCUT2D eigenvalue weighted by molar-refractivity contribution is 0.415. The maximum absolute atomic E-state index is 5.66. The zero-order valence-electron chi connectivity index (χ0n) is 12.3. The maximum atomic E-state index is 5.66. The molecule has 2 aromatic carbocycles. The van der Waals surface area contributed by atoms with Gasteiger partial charge >= 0.3 is 0 Å². The summed E-state index contributed by atoms with van der Waals surface area (Å²) in [5, 5.41) is 11.5. The Morgan fingerprint density at radius 3 is 2.50 bits per heavy atom. The molecule has 1 N–H and O–H groups in total. The highest BCUT2D eigenvalue weighted by atomic mass is 16.5. The summed E-state index contributed by atoms with van der Waals surface area (Å²) in [6, 6.07) is 17.5. The van der Waals surface area contributed by atoms with Crippen molar-refractivity contribution in [1.82, 2.24) is 10.2 Å². The van der Waals surface area contributed by atoms with Crippen LogP contribution in [-0.4, -0.2) is 23.9 Å². The summed E-state index contributed by atoms with van der Waals surface area (Å²) in [6.07, 6.45) is 0.672. The molecule has 0 aliphatic carbocycles. The van der Waals surface area contributed by atoms with Crippen molar-refractivity contribution in [3.63, 3.8) is 0 Å².